The van der Waals surface area contributed by atoms with Crippen LogP contribution in [0.2, 0.25) is 0 Å². The summed E-state index contributed by atoms with van der Waals surface area (Å²) in [5.41, 5.74) is 2.74. The molecule has 4 nitrogen and oxygen atoms in total. The van der Waals surface area contributed by atoms with Crippen molar-refractivity contribution in [2.75, 3.05) is 0 Å². The Morgan fingerprint density at radius 2 is 2.00 bits per heavy atom. The molecule has 0 saturated heterocycles. The Labute approximate surface area is 162 Å². The van der Waals surface area contributed by atoms with Crippen LogP contribution >= 0.6 is 0 Å². The summed E-state index contributed by atoms with van der Waals surface area (Å²) in [6, 6.07) is 14.5. The van der Waals surface area contributed by atoms with E-state index in [1.807, 2.05) is 36.4 Å². The number of benzene rings is 2. The van der Waals surface area contributed by atoms with Crippen LogP contribution in [0.15, 0.2) is 53.3 Å². The predicted octanol–water partition coefficient (Wildman–Crippen LogP) is 4.18. The first-order valence-corrected chi connectivity index (χ1v) is 9.65. The minimum absolute atomic E-state index is 0.0913. The van der Waals surface area contributed by atoms with Gasteiger partial charge >= 0.3 is 0 Å². The molecule has 1 heterocycles. The normalized spacial score (nSPS) is 14.8. The molecule has 0 aliphatic heterocycles. The second-order valence-corrected chi connectivity index (χ2v) is 7.64. The number of carbonyl (C=O) groups is 1. The molecular weight excluding hydrogens is 355 g/mol. The molecule has 1 saturated carbocycles. The number of nitrogens with one attached hydrogen (secondary N) is 2. The third kappa shape index (κ3) is 3.98. The van der Waals surface area contributed by atoms with E-state index < -0.39 is 0 Å². The number of aromatic nitrogens is 1. The Hall–Kier alpha value is -2.95. The molecule has 0 bridgehead atoms. The van der Waals surface area contributed by atoms with E-state index in [-0.39, 0.29) is 29.7 Å². The van der Waals surface area contributed by atoms with Gasteiger partial charge in [-0.3, -0.25) is 9.59 Å². The Kier molecular flexibility index (Phi) is 4.99. The predicted molar refractivity (Wildman–Crippen MR) is 108 cm³/mol. The van der Waals surface area contributed by atoms with Crippen molar-refractivity contribution in [2.45, 2.75) is 38.6 Å². The topological polar surface area (TPSA) is 62.0 Å². The molecule has 5 heteroatoms. The summed E-state index contributed by atoms with van der Waals surface area (Å²) >= 11 is 0. The molecule has 0 radical (unpaired) electrons. The van der Waals surface area contributed by atoms with Crippen LogP contribution in [-0.2, 0) is 11.3 Å². The molecule has 2 N–H and O–H groups in total. The van der Waals surface area contributed by atoms with Crippen LogP contribution in [0.1, 0.15) is 41.9 Å². The number of aromatic amines is 1. The number of hydrogen-bond acceptors (Lipinski definition) is 2. The lowest BCUT2D eigenvalue weighted by Gasteiger charge is -2.17. The average Bonchev–Trinajstić information content (AvgIpc) is 3.52. The van der Waals surface area contributed by atoms with Crippen molar-refractivity contribution in [2.24, 2.45) is 5.92 Å². The van der Waals surface area contributed by atoms with Gasteiger partial charge in [0.2, 0.25) is 5.91 Å². The molecule has 28 heavy (non-hydrogen) atoms. The maximum atomic E-state index is 13.6. The minimum Gasteiger partial charge on any atom is -0.352 e. The van der Waals surface area contributed by atoms with Gasteiger partial charge in [0.25, 0.3) is 5.56 Å². The molecule has 2 aromatic carbocycles. The fraction of sp³-hybridized carbons (Fsp3) is 0.304. The highest BCUT2D eigenvalue weighted by Crippen LogP contribution is 2.44. The summed E-state index contributed by atoms with van der Waals surface area (Å²) < 4.78 is 13.6. The summed E-state index contributed by atoms with van der Waals surface area (Å²) in [6.45, 7) is 1.94. The van der Waals surface area contributed by atoms with Gasteiger partial charge in [0, 0.05) is 24.0 Å². The van der Waals surface area contributed by atoms with Crippen molar-refractivity contribution >= 4 is 16.8 Å². The van der Waals surface area contributed by atoms with Crippen molar-refractivity contribution in [3.05, 3.63) is 81.4 Å². The molecule has 1 aliphatic rings. The van der Waals surface area contributed by atoms with Crippen LogP contribution in [0.25, 0.3) is 10.9 Å². The number of amides is 1. The van der Waals surface area contributed by atoms with Crippen molar-refractivity contribution < 1.29 is 9.18 Å². The van der Waals surface area contributed by atoms with E-state index in [0.717, 1.165) is 29.3 Å². The maximum Gasteiger partial charge on any atom is 0.253 e. The van der Waals surface area contributed by atoms with Crippen LogP contribution in [0.3, 0.4) is 0 Å². The second kappa shape index (κ2) is 7.58. The summed E-state index contributed by atoms with van der Waals surface area (Å²) in [4.78, 5) is 27.6. The minimum atomic E-state index is -0.224. The van der Waals surface area contributed by atoms with Crippen molar-refractivity contribution in [3.63, 3.8) is 0 Å². The van der Waals surface area contributed by atoms with Gasteiger partial charge in [0.15, 0.2) is 0 Å². The second-order valence-electron chi connectivity index (χ2n) is 7.64. The number of fused-ring (bicyclic) bond motifs is 1. The van der Waals surface area contributed by atoms with Crippen molar-refractivity contribution in [1.29, 1.82) is 0 Å². The first-order valence-electron chi connectivity index (χ1n) is 9.65. The Morgan fingerprint density at radius 1 is 1.21 bits per heavy atom. The molecule has 0 spiro atoms. The molecule has 144 valence electrons. The van der Waals surface area contributed by atoms with Gasteiger partial charge in [-0.2, -0.15) is 0 Å². The first-order chi connectivity index (χ1) is 13.5. The molecule has 1 aliphatic carbocycles. The van der Waals surface area contributed by atoms with E-state index in [1.165, 1.54) is 6.07 Å². The summed E-state index contributed by atoms with van der Waals surface area (Å²) in [5.74, 6) is 0.249. The number of aryl methyl sites for hydroxylation is 1. The largest absolute Gasteiger partial charge is 0.352 e. The van der Waals surface area contributed by atoms with Gasteiger partial charge in [-0.15, -0.1) is 0 Å². The standard InChI is InChI=1S/C23H23FN2O2/c1-14-10-16(8-9-20(14)24)19(15-6-7-15)12-22(27)25-13-18-11-17-4-2-3-5-21(17)26-23(18)28/h2-5,8-11,15,19H,6-7,12-13H2,1H3,(H,25,27)(H,26,28). The summed E-state index contributed by atoms with van der Waals surface area (Å²) in [5, 5.41) is 3.81. The number of hydrogen-bond donors (Lipinski definition) is 2. The number of halogens is 1. The average molecular weight is 378 g/mol. The fourth-order valence-electron chi connectivity index (χ4n) is 3.74. The number of pyridine rings is 1. The van der Waals surface area contributed by atoms with Crippen LogP contribution in [-0.4, -0.2) is 10.9 Å². The maximum absolute atomic E-state index is 13.6. The highest BCUT2D eigenvalue weighted by atomic mass is 19.1. The van der Waals surface area contributed by atoms with Crippen LogP contribution in [0.4, 0.5) is 4.39 Å². The van der Waals surface area contributed by atoms with Gasteiger partial charge in [-0.25, -0.2) is 4.39 Å². The zero-order valence-corrected chi connectivity index (χ0v) is 15.8. The highest BCUT2D eigenvalue weighted by molar-refractivity contribution is 5.79. The van der Waals surface area contributed by atoms with Gasteiger partial charge in [0.1, 0.15) is 5.82 Å². The lowest BCUT2D eigenvalue weighted by atomic mass is 9.89. The number of para-hydroxylation sites is 1. The van der Waals surface area contributed by atoms with Gasteiger partial charge in [-0.1, -0.05) is 30.3 Å². The third-order valence-electron chi connectivity index (χ3n) is 5.51. The zero-order chi connectivity index (χ0) is 19.7. The van der Waals surface area contributed by atoms with Crippen LogP contribution < -0.4 is 10.9 Å². The first kappa shape index (κ1) is 18.4. The van der Waals surface area contributed by atoms with E-state index in [4.69, 9.17) is 0 Å². The van der Waals surface area contributed by atoms with E-state index >= 15 is 0 Å². The third-order valence-corrected chi connectivity index (χ3v) is 5.51. The smallest absolute Gasteiger partial charge is 0.253 e. The molecular formula is C23H23FN2O2. The zero-order valence-electron chi connectivity index (χ0n) is 15.8. The number of H-pyrrole nitrogens is 1. The molecule has 1 fully saturated rings. The van der Waals surface area contributed by atoms with E-state index in [2.05, 4.69) is 10.3 Å². The van der Waals surface area contributed by atoms with Crippen LogP contribution in [0.5, 0.6) is 0 Å². The quantitative estimate of drug-likeness (QED) is 0.676. The molecule has 3 aromatic rings. The van der Waals surface area contributed by atoms with Gasteiger partial charge < -0.3 is 10.3 Å². The van der Waals surface area contributed by atoms with E-state index in [0.29, 0.717) is 23.5 Å². The van der Waals surface area contributed by atoms with Gasteiger partial charge in [0.05, 0.1) is 0 Å². The van der Waals surface area contributed by atoms with Crippen LogP contribution in [0, 0.1) is 18.7 Å². The Morgan fingerprint density at radius 3 is 2.75 bits per heavy atom. The lowest BCUT2D eigenvalue weighted by Crippen LogP contribution is -2.28. The molecule has 1 amide bonds. The van der Waals surface area contributed by atoms with E-state index in [1.54, 1.807) is 13.0 Å². The van der Waals surface area contributed by atoms with Gasteiger partial charge in [-0.05, 0) is 66.3 Å². The molecule has 1 aromatic heterocycles. The summed E-state index contributed by atoms with van der Waals surface area (Å²) in [6.07, 6.45) is 2.54. The molecule has 1 unspecified atom stereocenters. The summed E-state index contributed by atoms with van der Waals surface area (Å²) in [7, 11) is 0. The fourth-order valence-corrected chi connectivity index (χ4v) is 3.74. The van der Waals surface area contributed by atoms with Crippen molar-refractivity contribution in [1.82, 2.24) is 10.3 Å². The lowest BCUT2D eigenvalue weighted by molar-refractivity contribution is -0.121. The molecule has 1 atom stereocenters. The molecule has 4 rings (SSSR count). The SMILES string of the molecule is Cc1cc(C(CC(=O)NCc2cc3ccccc3[nH]c2=O)C2CC2)ccc1F. The highest BCUT2D eigenvalue weighted by Gasteiger charge is 2.33. The van der Waals surface area contributed by atoms with Crippen molar-refractivity contribution in [3.8, 4) is 0 Å². The Bertz CT molecular complexity index is 1090. The monoisotopic (exact) mass is 378 g/mol. The number of rotatable bonds is 6. The van der Waals surface area contributed by atoms with E-state index in [9.17, 15) is 14.0 Å². The number of carbonyl (C=O) groups excluding carboxylic acids is 1. The Balaban J connectivity index is 1.45.